The number of hydrogen-bond acceptors (Lipinski definition) is 23. The molecule has 30 nitrogen and oxygen atoms in total. The van der Waals surface area contributed by atoms with Crippen LogP contribution >= 0.6 is 0 Å². The first-order chi connectivity index (χ1) is 32.2. The van der Waals surface area contributed by atoms with Gasteiger partial charge in [-0.1, -0.05) is 23.6 Å². The van der Waals surface area contributed by atoms with Crippen molar-refractivity contribution >= 4 is 119 Å². The standard InChI is InChI=1S/2C18H14N4O11S2.Cr/c2*1-8(23)19-10-3-2-9-4-14(34(28,29)30)16(17(24)12(9)5-10)21-20-13-6-11(22(26)27)7-15(18(13)25)35(31,32)33;/h2*2-7,24-25H,1H3,(H,19,23)(H,28,29,30)(H,31,32,33);/q;;+3/p-3. The predicted octanol–water partition coefficient (Wildman–Crippen LogP) is 4.24. The summed E-state index contributed by atoms with van der Waals surface area (Å²) in [6.07, 6.45) is 0. The van der Waals surface area contributed by atoms with Crippen molar-refractivity contribution in [2.24, 2.45) is 25.4 Å². The van der Waals surface area contributed by atoms with E-state index in [0.717, 1.165) is 25.1 Å². The van der Waals surface area contributed by atoms with Gasteiger partial charge >= 0.3 is 17.4 Å². The normalized spacial score (nSPS) is 12.4. The predicted molar refractivity (Wildman–Crippen MR) is 231 cm³/mol. The Bertz CT molecular complexity index is 3810. The molecule has 0 fully saturated rings. The molecule has 1 amide bonds. The molecule has 0 aliphatic rings. The number of hydrogen-bond donors (Lipinski definition) is 7. The van der Waals surface area contributed by atoms with Crippen LogP contribution < -0.4 is 20.6 Å². The number of nitrogens with zero attached hydrogens (tertiary/aromatic N) is 7. The van der Waals surface area contributed by atoms with Gasteiger partial charge in [0.15, 0.2) is 11.5 Å². The van der Waals surface area contributed by atoms with Crippen molar-refractivity contribution in [3.63, 3.8) is 0 Å². The van der Waals surface area contributed by atoms with Crippen LogP contribution in [0.3, 0.4) is 0 Å². The molecule has 6 aromatic carbocycles. The molecule has 0 aliphatic heterocycles. The molecule has 71 heavy (non-hydrogen) atoms. The Hall–Kier alpha value is -7.85. The van der Waals surface area contributed by atoms with Gasteiger partial charge in [0.2, 0.25) is 5.91 Å². The van der Waals surface area contributed by atoms with Crippen LogP contribution in [-0.4, -0.2) is 83.7 Å². The molecule has 6 aromatic rings. The van der Waals surface area contributed by atoms with E-state index in [9.17, 15) is 97.9 Å². The Morgan fingerprint density at radius 2 is 1.03 bits per heavy atom. The van der Waals surface area contributed by atoms with Crippen molar-refractivity contribution in [3.8, 4) is 23.0 Å². The summed E-state index contributed by atoms with van der Waals surface area (Å²) in [5.74, 6) is -5.85. The van der Waals surface area contributed by atoms with Crippen LogP contribution in [0.4, 0.5) is 45.5 Å². The zero-order chi connectivity index (χ0) is 52.6. The fourth-order valence-electron chi connectivity index (χ4n) is 5.88. The summed E-state index contributed by atoms with van der Waals surface area (Å²) >= 11 is 0. The first kappa shape index (κ1) is 55.7. The number of carbonyl (C=O) groups is 1. The third-order valence-electron chi connectivity index (χ3n) is 8.78. The van der Waals surface area contributed by atoms with E-state index < -0.39 is 139 Å². The molecule has 371 valence electrons. The Morgan fingerprint density at radius 3 is 1.54 bits per heavy atom. The second kappa shape index (κ2) is 20.6. The zero-order valence-electron chi connectivity index (χ0n) is 34.8. The number of azo groups is 2. The quantitative estimate of drug-likeness (QED) is 0.0225. The van der Waals surface area contributed by atoms with Crippen molar-refractivity contribution in [1.82, 2.24) is 0 Å². The van der Waals surface area contributed by atoms with E-state index in [1.807, 2.05) is 0 Å². The molecule has 6 rings (SSSR count). The maximum atomic E-state index is 13.0. The van der Waals surface area contributed by atoms with Crippen molar-refractivity contribution in [3.05, 3.63) is 93.0 Å². The molecule has 35 heteroatoms. The van der Waals surface area contributed by atoms with Gasteiger partial charge < -0.3 is 30.8 Å². The summed E-state index contributed by atoms with van der Waals surface area (Å²) in [5.41, 5.74) is -5.51. The summed E-state index contributed by atoms with van der Waals surface area (Å²) in [5, 5.41) is 95.2. The van der Waals surface area contributed by atoms with Gasteiger partial charge in [-0.05, 0) is 65.4 Å². The summed E-state index contributed by atoms with van der Waals surface area (Å²) < 4.78 is 131. The van der Waals surface area contributed by atoms with E-state index >= 15 is 0 Å². The number of fused-ring (bicyclic) bond motifs is 2. The number of carbonyl (C=O) groups excluding carboxylic acids is 1. The number of phenolic OH excluding ortho intramolecular Hbond substituents is 2. The summed E-state index contributed by atoms with van der Waals surface area (Å²) in [6.45, 7) is 2.36. The third kappa shape index (κ3) is 12.9. The van der Waals surface area contributed by atoms with Crippen molar-refractivity contribution in [1.29, 1.82) is 0 Å². The average molecular weight is 1100 g/mol. The van der Waals surface area contributed by atoms with E-state index in [4.69, 9.17) is 4.55 Å². The molecule has 0 aromatic heterocycles. The van der Waals surface area contributed by atoms with Gasteiger partial charge in [-0.3, -0.25) is 48.2 Å². The van der Waals surface area contributed by atoms with E-state index in [1.165, 1.54) is 37.3 Å². The number of rotatable bonds is 12. The van der Waals surface area contributed by atoms with Gasteiger partial charge in [-0.2, -0.15) is 38.8 Å². The fraction of sp³-hybridized carbons (Fsp3) is 0.0556. The smallest absolute Gasteiger partial charge is 0.871 e. The van der Waals surface area contributed by atoms with Gasteiger partial charge in [0.05, 0.1) is 31.8 Å². The Labute approximate surface area is 407 Å². The second-order valence-corrected chi connectivity index (χ2v) is 19.3. The van der Waals surface area contributed by atoms with E-state index in [0.29, 0.717) is 18.2 Å². The number of aromatic hydroxyl groups is 2. The maximum Gasteiger partial charge on any atom is 3.00 e. The number of phenols is 2. The number of anilines is 1. The molecule has 0 unspecified atom stereocenters. The largest absolute Gasteiger partial charge is 3.00 e. The number of benzene rings is 6. The third-order valence-corrected chi connectivity index (χ3v) is 12.2. The number of nitro benzene ring substituents is 2. The van der Waals surface area contributed by atoms with E-state index in [2.05, 4.69) is 30.8 Å². The molecule has 0 atom stereocenters. The first-order valence-electron chi connectivity index (χ1n) is 18.0. The van der Waals surface area contributed by atoms with Crippen LogP contribution in [-0.2, 0) is 62.6 Å². The zero-order valence-corrected chi connectivity index (χ0v) is 39.4. The van der Waals surface area contributed by atoms with Crippen LogP contribution in [0.25, 0.3) is 21.5 Å². The van der Waals surface area contributed by atoms with Crippen LogP contribution in [0, 0.1) is 20.2 Å². The summed E-state index contributed by atoms with van der Waals surface area (Å²) in [7, 11) is -20.5. The summed E-state index contributed by atoms with van der Waals surface area (Å²) in [6, 6.07) is 11.0. The molecular weight excluding hydrogens is 1080 g/mol. The van der Waals surface area contributed by atoms with Crippen LogP contribution in [0.2, 0.25) is 0 Å². The van der Waals surface area contributed by atoms with Crippen LogP contribution in [0.1, 0.15) is 13.8 Å². The molecule has 0 heterocycles. The number of aliphatic imine (C=N–C) groups is 1. The molecule has 0 spiro atoms. The minimum atomic E-state index is -5.23. The van der Waals surface area contributed by atoms with Gasteiger partial charge in [0, 0.05) is 42.3 Å². The fourth-order valence-corrected chi connectivity index (χ4v) is 8.42. The van der Waals surface area contributed by atoms with Crippen molar-refractivity contribution in [2.45, 2.75) is 33.4 Å². The minimum Gasteiger partial charge on any atom is -0.871 e. The molecule has 0 saturated carbocycles. The molecule has 1 radical (unpaired) electrons. The number of amides is 1. The molecule has 0 aliphatic carbocycles. The van der Waals surface area contributed by atoms with Crippen LogP contribution in [0.15, 0.2) is 118 Å². The second-order valence-electron chi connectivity index (χ2n) is 13.7. The number of non-ortho nitro benzene ring substituents is 2. The first-order valence-corrected chi connectivity index (χ1v) is 23.8. The van der Waals surface area contributed by atoms with Gasteiger partial charge in [0.1, 0.15) is 26.1 Å². The molecule has 7 N–H and O–H groups in total. The van der Waals surface area contributed by atoms with Gasteiger partial charge in [0.25, 0.3) is 51.8 Å². The molecular formula is C36H25CrN8O22S4. The Kier molecular flexibility index (Phi) is 16.2. The maximum absolute atomic E-state index is 13.0. The average Bonchev–Trinajstić information content (AvgIpc) is 3.22. The Balaban J connectivity index is 0.000000304. The van der Waals surface area contributed by atoms with Crippen molar-refractivity contribution in [2.75, 3.05) is 5.32 Å². The Morgan fingerprint density at radius 1 is 0.563 bits per heavy atom. The number of nitro groups is 2. The van der Waals surface area contributed by atoms with E-state index in [1.54, 1.807) is 0 Å². The van der Waals surface area contributed by atoms with Gasteiger partial charge in [-0.15, -0.1) is 15.3 Å². The van der Waals surface area contributed by atoms with E-state index in [-0.39, 0.29) is 56.3 Å². The minimum absolute atomic E-state index is 0. The van der Waals surface area contributed by atoms with Gasteiger partial charge in [-0.25, -0.2) is 0 Å². The van der Waals surface area contributed by atoms with Crippen molar-refractivity contribution < 1.29 is 109 Å². The number of nitrogens with one attached hydrogen (secondary N) is 1. The monoisotopic (exact) mass is 1100 g/mol. The summed E-state index contributed by atoms with van der Waals surface area (Å²) in [4.78, 5) is 30.3. The van der Waals surface area contributed by atoms with Crippen LogP contribution in [0.5, 0.6) is 23.0 Å². The SMILES string of the molecule is CC(=O)Nc1ccc2cc(S(=O)(=O)O)c(N=Nc3cc([N+](=O)[O-])cc(S(=O)(=O)O)c3O)c(O)c2c1.CC([O-])=Nc1ccc2cc(S(=O)(=O)O)c(N=Nc3cc([N+](=O)[O-])cc(S(=O)(=O)O)c3[O-])c([O-])c2c1.[Cr+3]. The molecule has 0 saturated heterocycles. The topological polar surface area (TPSA) is 504 Å². The molecule has 0 bridgehead atoms.